The molecule has 0 amide bonds. The first-order chi connectivity index (χ1) is 11.7. The second-order valence-corrected chi connectivity index (χ2v) is 6.09. The Kier molecular flexibility index (Phi) is 3.61. The molecule has 1 heterocycles. The first kappa shape index (κ1) is 14.6. The average Bonchev–Trinajstić information content (AvgIpc) is 3.39. The molecule has 2 aromatic carbocycles. The minimum atomic E-state index is 0.0550. The van der Waals surface area contributed by atoms with Gasteiger partial charge in [-0.25, -0.2) is 4.98 Å². The molecule has 1 aliphatic rings. The molecule has 5 heteroatoms. The lowest BCUT2D eigenvalue weighted by Gasteiger charge is -2.11. The van der Waals surface area contributed by atoms with E-state index >= 15 is 0 Å². The molecule has 1 fully saturated rings. The Bertz CT molecular complexity index is 901. The van der Waals surface area contributed by atoms with Crippen molar-refractivity contribution in [3.05, 3.63) is 54.1 Å². The van der Waals surface area contributed by atoms with E-state index in [2.05, 4.69) is 20.6 Å². The molecule has 3 aromatic rings. The van der Waals surface area contributed by atoms with E-state index in [0.717, 1.165) is 22.4 Å². The number of hydrogen-bond acceptors (Lipinski definition) is 5. The minimum absolute atomic E-state index is 0.0550. The quantitative estimate of drug-likeness (QED) is 0.692. The van der Waals surface area contributed by atoms with Crippen molar-refractivity contribution in [2.75, 3.05) is 10.6 Å². The predicted molar refractivity (Wildman–Crippen MR) is 95.9 cm³/mol. The van der Waals surface area contributed by atoms with Crippen molar-refractivity contribution in [1.29, 1.82) is 0 Å². The molecule has 0 atom stereocenters. The second kappa shape index (κ2) is 5.92. The fraction of sp³-hybridized carbons (Fsp3) is 0.211. The van der Waals surface area contributed by atoms with Gasteiger partial charge in [-0.15, -0.1) is 0 Å². The van der Waals surface area contributed by atoms with E-state index in [1.807, 2.05) is 36.4 Å². The van der Waals surface area contributed by atoms with Crippen molar-refractivity contribution >= 4 is 34.1 Å². The Balaban J connectivity index is 1.66. The Morgan fingerprint density at radius 3 is 2.50 bits per heavy atom. The monoisotopic (exact) mass is 318 g/mol. The van der Waals surface area contributed by atoms with Crippen LogP contribution >= 0.6 is 0 Å². The van der Waals surface area contributed by atoms with Gasteiger partial charge < -0.3 is 10.6 Å². The molecule has 1 aromatic heterocycles. The Labute approximate surface area is 140 Å². The van der Waals surface area contributed by atoms with Crippen molar-refractivity contribution in [3.63, 3.8) is 0 Å². The van der Waals surface area contributed by atoms with E-state index in [1.54, 1.807) is 19.1 Å². The van der Waals surface area contributed by atoms with Crippen LogP contribution in [0.15, 0.2) is 48.5 Å². The number of nitrogens with one attached hydrogen (secondary N) is 2. The van der Waals surface area contributed by atoms with Gasteiger partial charge in [0.2, 0.25) is 5.95 Å². The van der Waals surface area contributed by atoms with Crippen LogP contribution in [0.2, 0.25) is 0 Å². The molecule has 1 saturated carbocycles. The van der Waals surface area contributed by atoms with Gasteiger partial charge in [-0.05, 0) is 56.2 Å². The summed E-state index contributed by atoms with van der Waals surface area (Å²) in [5.41, 5.74) is 2.45. The van der Waals surface area contributed by atoms with Crippen LogP contribution in [-0.2, 0) is 0 Å². The molecule has 0 saturated heterocycles. The molecule has 4 rings (SSSR count). The smallest absolute Gasteiger partial charge is 0.229 e. The van der Waals surface area contributed by atoms with E-state index in [-0.39, 0.29) is 5.78 Å². The van der Waals surface area contributed by atoms with Crippen molar-refractivity contribution in [2.45, 2.75) is 25.8 Å². The molecule has 0 radical (unpaired) electrons. The number of para-hydroxylation sites is 1. The number of anilines is 3. The molecule has 0 unspecified atom stereocenters. The molecule has 0 spiro atoms. The highest BCUT2D eigenvalue weighted by Crippen LogP contribution is 2.29. The molecule has 2 N–H and O–H groups in total. The second-order valence-electron chi connectivity index (χ2n) is 6.09. The maximum atomic E-state index is 11.4. The highest BCUT2D eigenvalue weighted by molar-refractivity contribution is 5.94. The van der Waals surface area contributed by atoms with Crippen LogP contribution in [0.1, 0.15) is 30.1 Å². The standard InChI is InChI=1S/C19H18N4O/c1-12(24)13-6-8-15(9-7-13)21-19-22-17-5-3-2-4-16(17)18(23-19)20-14-10-11-14/h2-9,14H,10-11H2,1H3,(H2,20,21,22,23). The number of fused-ring (bicyclic) bond motifs is 1. The van der Waals surface area contributed by atoms with Crippen LogP contribution in [0.25, 0.3) is 10.9 Å². The molecule has 0 bridgehead atoms. The van der Waals surface area contributed by atoms with Crippen molar-refractivity contribution in [3.8, 4) is 0 Å². The molecular weight excluding hydrogens is 300 g/mol. The summed E-state index contributed by atoms with van der Waals surface area (Å²) >= 11 is 0. The molecule has 1 aliphatic carbocycles. The number of carbonyl (C=O) groups is 1. The lowest BCUT2D eigenvalue weighted by atomic mass is 10.1. The summed E-state index contributed by atoms with van der Waals surface area (Å²) < 4.78 is 0. The van der Waals surface area contributed by atoms with Gasteiger partial charge >= 0.3 is 0 Å². The van der Waals surface area contributed by atoms with Gasteiger partial charge in [-0.2, -0.15) is 4.98 Å². The molecule has 0 aliphatic heterocycles. The van der Waals surface area contributed by atoms with Crippen LogP contribution < -0.4 is 10.6 Å². The Morgan fingerprint density at radius 1 is 1.04 bits per heavy atom. The Morgan fingerprint density at radius 2 is 1.79 bits per heavy atom. The van der Waals surface area contributed by atoms with E-state index in [0.29, 0.717) is 17.6 Å². The number of aromatic nitrogens is 2. The lowest BCUT2D eigenvalue weighted by Crippen LogP contribution is -2.07. The number of carbonyl (C=O) groups excluding carboxylic acids is 1. The van der Waals surface area contributed by atoms with Gasteiger partial charge in [-0.1, -0.05) is 12.1 Å². The first-order valence-corrected chi connectivity index (χ1v) is 8.10. The van der Waals surface area contributed by atoms with Gasteiger partial charge in [0.25, 0.3) is 0 Å². The van der Waals surface area contributed by atoms with E-state index in [4.69, 9.17) is 0 Å². The highest BCUT2D eigenvalue weighted by atomic mass is 16.1. The SMILES string of the molecule is CC(=O)c1ccc(Nc2nc(NC3CC3)c3ccccc3n2)cc1. The van der Waals surface area contributed by atoms with E-state index in [1.165, 1.54) is 12.8 Å². The molecule has 120 valence electrons. The average molecular weight is 318 g/mol. The minimum Gasteiger partial charge on any atom is -0.367 e. The van der Waals surface area contributed by atoms with E-state index < -0.39 is 0 Å². The largest absolute Gasteiger partial charge is 0.367 e. The number of rotatable bonds is 5. The fourth-order valence-electron chi connectivity index (χ4n) is 2.58. The molecular formula is C19H18N4O. The maximum Gasteiger partial charge on any atom is 0.229 e. The van der Waals surface area contributed by atoms with Gasteiger partial charge in [0, 0.05) is 22.7 Å². The fourth-order valence-corrected chi connectivity index (χ4v) is 2.58. The van der Waals surface area contributed by atoms with Gasteiger partial charge in [0.1, 0.15) is 5.82 Å². The van der Waals surface area contributed by atoms with Gasteiger partial charge in [0.05, 0.1) is 5.52 Å². The number of hydrogen-bond donors (Lipinski definition) is 2. The normalized spacial score (nSPS) is 13.7. The predicted octanol–water partition coefficient (Wildman–Crippen LogP) is 4.15. The van der Waals surface area contributed by atoms with Crippen LogP contribution in [0.3, 0.4) is 0 Å². The lowest BCUT2D eigenvalue weighted by molar-refractivity contribution is 0.101. The van der Waals surface area contributed by atoms with E-state index in [9.17, 15) is 4.79 Å². The van der Waals surface area contributed by atoms with Gasteiger partial charge in [0.15, 0.2) is 5.78 Å². The number of ketones is 1. The summed E-state index contributed by atoms with van der Waals surface area (Å²) in [6.07, 6.45) is 2.38. The number of Topliss-reactive ketones (excluding diaryl/α,β-unsaturated/α-hetero) is 1. The van der Waals surface area contributed by atoms with Crippen LogP contribution in [0, 0.1) is 0 Å². The summed E-state index contributed by atoms with van der Waals surface area (Å²) in [5, 5.41) is 7.73. The number of benzene rings is 2. The maximum absolute atomic E-state index is 11.4. The first-order valence-electron chi connectivity index (χ1n) is 8.10. The third-order valence-electron chi connectivity index (χ3n) is 4.07. The zero-order valence-electron chi connectivity index (χ0n) is 13.4. The van der Waals surface area contributed by atoms with Crippen LogP contribution in [-0.4, -0.2) is 21.8 Å². The van der Waals surface area contributed by atoms with Crippen LogP contribution in [0.5, 0.6) is 0 Å². The molecule has 5 nitrogen and oxygen atoms in total. The van der Waals surface area contributed by atoms with Crippen LogP contribution in [0.4, 0.5) is 17.5 Å². The summed E-state index contributed by atoms with van der Waals surface area (Å²) in [6, 6.07) is 15.8. The third kappa shape index (κ3) is 3.06. The molecule has 24 heavy (non-hydrogen) atoms. The van der Waals surface area contributed by atoms with Crippen molar-refractivity contribution < 1.29 is 4.79 Å². The summed E-state index contributed by atoms with van der Waals surface area (Å²) in [5.74, 6) is 1.47. The zero-order valence-corrected chi connectivity index (χ0v) is 13.4. The summed E-state index contributed by atoms with van der Waals surface area (Å²) in [7, 11) is 0. The summed E-state index contributed by atoms with van der Waals surface area (Å²) in [4.78, 5) is 20.6. The van der Waals surface area contributed by atoms with Crippen molar-refractivity contribution in [1.82, 2.24) is 9.97 Å². The third-order valence-corrected chi connectivity index (χ3v) is 4.07. The summed E-state index contributed by atoms with van der Waals surface area (Å²) in [6.45, 7) is 1.56. The highest BCUT2D eigenvalue weighted by Gasteiger charge is 2.22. The van der Waals surface area contributed by atoms with Gasteiger partial charge in [-0.3, -0.25) is 4.79 Å². The Hall–Kier alpha value is -2.95. The van der Waals surface area contributed by atoms with Crippen molar-refractivity contribution in [2.24, 2.45) is 0 Å². The topological polar surface area (TPSA) is 66.9 Å². The zero-order chi connectivity index (χ0) is 16.5. The number of nitrogens with zero attached hydrogens (tertiary/aromatic N) is 2.